The lowest BCUT2D eigenvalue weighted by Crippen LogP contribution is -2.18. The molecule has 1 fully saturated rings. The van der Waals surface area contributed by atoms with Crippen molar-refractivity contribution in [1.29, 1.82) is 5.26 Å². The second kappa shape index (κ2) is 8.25. The van der Waals surface area contributed by atoms with E-state index in [9.17, 15) is 10.1 Å². The molecule has 29 heavy (non-hydrogen) atoms. The molecule has 1 unspecified atom stereocenters. The monoisotopic (exact) mass is 387 g/mol. The summed E-state index contributed by atoms with van der Waals surface area (Å²) in [4.78, 5) is 23.5. The first-order valence-corrected chi connectivity index (χ1v) is 9.50. The largest absolute Gasteiger partial charge is 0.492 e. The number of carbonyl (C=O) groups is 1. The number of amides is 1. The number of nitrogens with zero attached hydrogens (tertiary/aromatic N) is 4. The minimum Gasteiger partial charge on any atom is -0.492 e. The van der Waals surface area contributed by atoms with Gasteiger partial charge in [0.05, 0.1) is 23.4 Å². The van der Waals surface area contributed by atoms with E-state index in [1.54, 1.807) is 36.7 Å². The Bertz CT molecular complexity index is 1090. The van der Waals surface area contributed by atoms with Crippen molar-refractivity contribution in [3.63, 3.8) is 0 Å². The summed E-state index contributed by atoms with van der Waals surface area (Å²) in [6.45, 7) is 2.63. The first kappa shape index (κ1) is 18.8. The highest BCUT2D eigenvalue weighted by Crippen LogP contribution is 2.24. The lowest BCUT2D eigenvalue weighted by Gasteiger charge is -2.14. The van der Waals surface area contributed by atoms with Crippen LogP contribution < -0.4 is 10.1 Å². The SMILES string of the molecule is CN1CCC(COc2ccc(C(=O)Nc3cccc4nccnc34)cc2C#N)C1. The Morgan fingerprint density at radius 3 is 2.97 bits per heavy atom. The summed E-state index contributed by atoms with van der Waals surface area (Å²) >= 11 is 0. The van der Waals surface area contributed by atoms with Crippen molar-refractivity contribution >= 4 is 22.6 Å². The van der Waals surface area contributed by atoms with E-state index in [1.165, 1.54) is 0 Å². The zero-order valence-corrected chi connectivity index (χ0v) is 16.1. The Labute approximate surface area is 169 Å². The third kappa shape index (κ3) is 4.18. The lowest BCUT2D eigenvalue weighted by atomic mass is 10.1. The van der Waals surface area contributed by atoms with E-state index in [2.05, 4.69) is 33.3 Å². The molecule has 2 aromatic carbocycles. The average Bonchev–Trinajstić information content (AvgIpc) is 3.17. The topological polar surface area (TPSA) is 91.1 Å². The summed E-state index contributed by atoms with van der Waals surface area (Å²) in [5.41, 5.74) is 2.62. The molecular formula is C22H21N5O2. The molecule has 7 nitrogen and oxygen atoms in total. The predicted octanol–water partition coefficient (Wildman–Crippen LogP) is 3.08. The van der Waals surface area contributed by atoms with Crippen LogP contribution in [0.2, 0.25) is 0 Å². The van der Waals surface area contributed by atoms with Crippen molar-refractivity contribution in [2.45, 2.75) is 6.42 Å². The number of ether oxygens (including phenoxy) is 1. The minimum atomic E-state index is -0.316. The van der Waals surface area contributed by atoms with Gasteiger partial charge in [0.1, 0.15) is 17.3 Å². The maximum Gasteiger partial charge on any atom is 0.255 e. The lowest BCUT2D eigenvalue weighted by molar-refractivity contribution is 0.102. The molecule has 4 rings (SSSR count). The number of aromatic nitrogens is 2. The molecule has 1 aliphatic heterocycles. The molecule has 1 aliphatic rings. The van der Waals surface area contributed by atoms with Gasteiger partial charge >= 0.3 is 0 Å². The van der Waals surface area contributed by atoms with Crippen LogP contribution in [0, 0.1) is 17.2 Å². The van der Waals surface area contributed by atoms with Crippen molar-refractivity contribution in [3.8, 4) is 11.8 Å². The molecule has 2 heterocycles. The zero-order chi connectivity index (χ0) is 20.2. The number of benzene rings is 2. The maximum absolute atomic E-state index is 12.7. The Kier molecular flexibility index (Phi) is 5.36. The van der Waals surface area contributed by atoms with Gasteiger partial charge in [0.15, 0.2) is 0 Å². The number of anilines is 1. The summed E-state index contributed by atoms with van der Waals surface area (Å²) < 4.78 is 5.87. The Morgan fingerprint density at radius 1 is 1.31 bits per heavy atom. The summed E-state index contributed by atoms with van der Waals surface area (Å²) in [6, 6.07) is 12.5. The van der Waals surface area contributed by atoms with Crippen molar-refractivity contribution in [3.05, 3.63) is 59.9 Å². The van der Waals surface area contributed by atoms with E-state index in [0.717, 1.165) is 19.5 Å². The average molecular weight is 387 g/mol. The summed E-state index contributed by atoms with van der Waals surface area (Å²) in [6.07, 6.45) is 4.28. The smallest absolute Gasteiger partial charge is 0.255 e. The van der Waals surface area contributed by atoms with E-state index in [-0.39, 0.29) is 5.91 Å². The number of carbonyl (C=O) groups excluding carboxylic acids is 1. The van der Waals surface area contributed by atoms with Crippen LogP contribution in [-0.2, 0) is 0 Å². The van der Waals surface area contributed by atoms with E-state index >= 15 is 0 Å². The highest BCUT2D eigenvalue weighted by atomic mass is 16.5. The highest BCUT2D eigenvalue weighted by molar-refractivity contribution is 6.08. The molecule has 1 saturated heterocycles. The number of likely N-dealkylation sites (tertiary alicyclic amines) is 1. The molecule has 7 heteroatoms. The fraction of sp³-hybridized carbons (Fsp3) is 0.273. The molecule has 1 aromatic heterocycles. The van der Waals surface area contributed by atoms with Crippen molar-refractivity contribution < 1.29 is 9.53 Å². The standard InChI is InChI=1S/C22H21N5O2/c1-27-10-7-15(13-27)14-29-20-6-5-16(11-17(20)12-23)22(28)26-19-4-2-3-18-21(19)25-9-8-24-18/h2-6,8-9,11,15H,7,10,13-14H2,1H3,(H,26,28). The second-order valence-electron chi connectivity index (χ2n) is 7.23. The third-order valence-electron chi connectivity index (χ3n) is 5.07. The van der Waals surface area contributed by atoms with Crippen LogP contribution >= 0.6 is 0 Å². The van der Waals surface area contributed by atoms with Gasteiger partial charge in [0, 0.05) is 30.4 Å². The number of rotatable bonds is 5. The van der Waals surface area contributed by atoms with Crippen LogP contribution in [0.25, 0.3) is 11.0 Å². The molecule has 1 amide bonds. The first-order chi connectivity index (χ1) is 14.1. The summed E-state index contributed by atoms with van der Waals surface area (Å²) in [7, 11) is 2.09. The molecule has 0 aliphatic carbocycles. The van der Waals surface area contributed by atoms with Gasteiger partial charge in [-0.3, -0.25) is 14.8 Å². The first-order valence-electron chi connectivity index (χ1n) is 9.50. The fourth-order valence-electron chi connectivity index (χ4n) is 3.54. The third-order valence-corrected chi connectivity index (χ3v) is 5.07. The van der Waals surface area contributed by atoms with Crippen LogP contribution in [0.15, 0.2) is 48.8 Å². The van der Waals surface area contributed by atoms with E-state index < -0.39 is 0 Å². The molecule has 0 radical (unpaired) electrons. The molecular weight excluding hydrogens is 366 g/mol. The second-order valence-corrected chi connectivity index (χ2v) is 7.23. The number of para-hydroxylation sites is 1. The van der Waals surface area contributed by atoms with Crippen LogP contribution in [0.5, 0.6) is 5.75 Å². The zero-order valence-electron chi connectivity index (χ0n) is 16.1. The summed E-state index contributed by atoms with van der Waals surface area (Å²) in [5, 5.41) is 12.4. The Balaban J connectivity index is 1.49. The Morgan fingerprint density at radius 2 is 2.17 bits per heavy atom. The molecule has 146 valence electrons. The van der Waals surface area contributed by atoms with Gasteiger partial charge in [0.2, 0.25) is 0 Å². The maximum atomic E-state index is 12.7. The number of hydrogen-bond donors (Lipinski definition) is 1. The molecule has 0 spiro atoms. The highest BCUT2D eigenvalue weighted by Gasteiger charge is 2.20. The van der Waals surface area contributed by atoms with Gasteiger partial charge in [-0.25, -0.2) is 0 Å². The Hall–Kier alpha value is -3.50. The number of nitrogens with one attached hydrogen (secondary N) is 1. The molecule has 0 bridgehead atoms. The predicted molar refractivity (Wildman–Crippen MR) is 110 cm³/mol. The number of hydrogen-bond acceptors (Lipinski definition) is 6. The van der Waals surface area contributed by atoms with Crippen LogP contribution in [-0.4, -0.2) is 47.5 Å². The normalized spacial score (nSPS) is 16.5. The molecule has 1 atom stereocenters. The van der Waals surface area contributed by atoms with Crippen molar-refractivity contribution in [2.75, 3.05) is 32.1 Å². The minimum absolute atomic E-state index is 0.316. The van der Waals surface area contributed by atoms with Gasteiger partial charge in [-0.2, -0.15) is 5.26 Å². The number of fused-ring (bicyclic) bond motifs is 1. The van der Waals surface area contributed by atoms with Gasteiger partial charge in [-0.1, -0.05) is 6.07 Å². The number of nitriles is 1. The van der Waals surface area contributed by atoms with E-state index in [1.807, 2.05) is 12.1 Å². The van der Waals surface area contributed by atoms with Crippen LogP contribution in [0.3, 0.4) is 0 Å². The van der Waals surface area contributed by atoms with Gasteiger partial charge in [-0.05, 0) is 50.3 Å². The van der Waals surface area contributed by atoms with Gasteiger partial charge in [-0.15, -0.1) is 0 Å². The van der Waals surface area contributed by atoms with Crippen LogP contribution in [0.4, 0.5) is 5.69 Å². The quantitative estimate of drug-likeness (QED) is 0.723. The van der Waals surface area contributed by atoms with E-state index in [4.69, 9.17) is 4.74 Å². The van der Waals surface area contributed by atoms with Crippen molar-refractivity contribution in [2.24, 2.45) is 5.92 Å². The summed E-state index contributed by atoms with van der Waals surface area (Å²) in [5.74, 6) is 0.653. The fourth-order valence-corrected chi connectivity index (χ4v) is 3.54. The van der Waals surface area contributed by atoms with Crippen molar-refractivity contribution in [1.82, 2.24) is 14.9 Å². The van der Waals surface area contributed by atoms with E-state index in [0.29, 0.717) is 46.1 Å². The molecule has 3 aromatic rings. The molecule has 1 N–H and O–H groups in total. The van der Waals surface area contributed by atoms with Gasteiger partial charge in [0.25, 0.3) is 5.91 Å². The molecule has 0 saturated carbocycles. The van der Waals surface area contributed by atoms with Crippen LogP contribution in [0.1, 0.15) is 22.3 Å². The van der Waals surface area contributed by atoms with Gasteiger partial charge < -0.3 is 15.0 Å².